The lowest BCUT2D eigenvalue weighted by atomic mass is 10.0. The lowest BCUT2D eigenvalue weighted by Crippen LogP contribution is -2.38. The highest BCUT2D eigenvalue weighted by Crippen LogP contribution is 2.30. The van der Waals surface area contributed by atoms with E-state index < -0.39 is 17.7 Å². The summed E-state index contributed by atoms with van der Waals surface area (Å²) >= 11 is 12.2. The smallest absolute Gasteiger partial charge is 0.261 e. The van der Waals surface area contributed by atoms with Gasteiger partial charge in [-0.2, -0.15) is 0 Å². The number of nitrogens with zero attached hydrogens (tertiary/aromatic N) is 2. The van der Waals surface area contributed by atoms with Crippen molar-refractivity contribution in [3.63, 3.8) is 0 Å². The van der Waals surface area contributed by atoms with Crippen molar-refractivity contribution in [1.29, 1.82) is 0 Å². The Kier molecular flexibility index (Phi) is 7.53. The van der Waals surface area contributed by atoms with Gasteiger partial charge in [0.1, 0.15) is 6.54 Å². The number of unbranched alkanes of at least 4 members (excludes halogenated alkanes) is 1. The number of likely N-dealkylation sites (N-methyl/N-ethyl adjacent to an activating group) is 1. The van der Waals surface area contributed by atoms with E-state index in [1.165, 1.54) is 28.0 Å². The Morgan fingerprint density at radius 2 is 1.66 bits per heavy atom. The van der Waals surface area contributed by atoms with Crippen LogP contribution >= 0.6 is 23.2 Å². The molecule has 0 bridgehead atoms. The molecule has 0 aromatic heterocycles. The Hall–Kier alpha value is -2.90. The second kappa shape index (κ2) is 10.1. The van der Waals surface area contributed by atoms with Crippen LogP contribution in [0, 0.1) is 0 Å². The number of imide groups is 1. The van der Waals surface area contributed by atoms with Gasteiger partial charge in [-0.05, 0) is 43.7 Å². The molecule has 168 valence electrons. The van der Waals surface area contributed by atoms with Crippen LogP contribution in [0.15, 0.2) is 36.4 Å². The fraction of sp³-hybridized carbons (Fsp3) is 0.304. The maximum atomic E-state index is 13.0. The number of amides is 4. The second-order valence-electron chi connectivity index (χ2n) is 7.34. The van der Waals surface area contributed by atoms with E-state index in [4.69, 9.17) is 23.2 Å². The molecule has 9 heteroatoms. The van der Waals surface area contributed by atoms with E-state index >= 15 is 0 Å². The average Bonchev–Trinajstić information content (AvgIpc) is 3.02. The van der Waals surface area contributed by atoms with Crippen LogP contribution in [0.4, 0.5) is 5.69 Å². The quantitative estimate of drug-likeness (QED) is 0.569. The van der Waals surface area contributed by atoms with Crippen molar-refractivity contribution >= 4 is 52.5 Å². The maximum Gasteiger partial charge on any atom is 0.261 e. The summed E-state index contributed by atoms with van der Waals surface area (Å²) in [6, 6.07) is 9.27. The molecule has 0 atom stereocenters. The SMILES string of the molecule is CCCCN1C(=O)c2ccc(C(=O)N(CC)CC(=O)Nc3c(Cl)cccc3Cl)cc2C1=O. The molecular formula is C23H23Cl2N3O4. The summed E-state index contributed by atoms with van der Waals surface area (Å²) in [6.45, 7) is 4.09. The Balaban J connectivity index is 1.75. The molecule has 2 aromatic carbocycles. The summed E-state index contributed by atoms with van der Waals surface area (Å²) in [7, 11) is 0. The first-order chi connectivity index (χ1) is 15.3. The molecular weight excluding hydrogens is 453 g/mol. The first-order valence-corrected chi connectivity index (χ1v) is 11.1. The Morgan fingerprint density at radius 1 is 1.00 bits per heavy atom. The van der Waals surface area contributed by atoms with Gasteiger partial charge >= 0.3 is 0 Å². The number of anilines is 1. The first kappa shape index (κ1) is 23.8. The van der Waals surface area contributed by atoms with E-state index in [1.54, 1.807) is 25.1 Å². The summed E-state index contributed by atoms with van der Waals surface area (Å²) in [5, 5.41) is 3.20. The summed E-state index contributed by atoms with van der Waals surface area (Å²) < 4.78 is 0. The minimum Gasteiger partial charge on any atom is -0.330 e. The third kappa shape index (κ3) is 4.79. The largest absolute Gasteiger partial charge is 0.330 e. The molecule has 7 nitrogen and oxygen atoms in total. The Bertz CT molecular complexity index is 1070. The normalized spacial score (nSPS) is 12.7. The molecule has 0 aliphatic carbocycles. The van der Waals surface area contributed by atoms with Gasteiger partial charge in [0.15, 0.2) is 0 Å². The van der Waals surface area contributed by atoms with Crippen molar-refractivity contribution < 1.29 is 19.2 Å². The molecule has 1 N–H and O–H groups in total. The third-order valence-corrected chi connectivity index (χ3v) is 5.81. The fourth-order valence-corrected chi connectivity index (χ4v) is 3.91. The van der Waals surface area contributed by atoms with E-state index in [0.29, 0.717) is 13.0 Å². The van der Waals surface area contributed by atoms with Gasteiger partial charge in [-0.15, -0.1) is 0 Å². The molecule has 1 aliphatic heterocycles. The average molecular weight is 476 g/mol. The Morgan fingerprint density at radius 3 is 2.28 bits per heavy atom. The molecule has 0 radical (unpaired) electrons. The molecule has 0 unspecified atom stereocenters. The van der Waals surface area contributed by atoms with Crippen molar-refractivity contribution in [1.82, 2.24) is 9.80 Å². The monoisotopic (exact) mass is 475 g/mol. The molecule has 0 spiro atoms. The van der Waals surface area contributed by atoms with Crippen LogP contribution in [0.25, 0.3) is 0 Å². The van der Waals surface area contributed by atoms with Gasteiger partial charge in [0.25, 0.3) is 17.7 Å². The molecule has 3 rings (SSSR count). The number of carbonyl (C=O) groups is 4. The summed E-state index contributed by atoms with van der Waals surface area (Å²) in [6.07, 6.45) is 1.56. The lowest BCUT2D eigenvalue weighted by Gasteiger charge is -2.21. The first-order valence-electron chi connectivity index (χ1n) is 10.3. The van der Waals surface area contributed by atoms with Gasteiger partial charge in [-0.1, -0.05) is 42.6 Å². The summed E-state index contributed by atoms with van der Waals surface area (Å²) in [5.74, 6) is -1.64. The maximum absolute atomic E-state index is 13.0. The van der Waals surface area contributed by atoms with E-state index in [2.05, 4.69) is 5.32 Å². The zero-order valence-corrected chi connectivity index (χ0v) is 19.3. The minimum atomic E-state index is -0.464. The molecule has 1 aliphatic rings. The predicted molar refractivity (Wildman–Crippen MR) is 123 cm³/mol. The van der Waals surface area contributed by atoms with Crippen molar-refractivity contribution in [2.45, 2.75) is 26.7 Å². The number of rotatable bonds is 8. The topological polar surface area (TPSA) is 86.8 Å². The molecule has 0 fully saturated rings. The van der Waals surface area contributed by atoms with E-state index in [0.717, 1.165) is 6.42 Å². The van der Waals surface area contributed by atoms with Gasteiger partial charge < -0.3 is 10.2 Å². The van der Waals surface area contributed by atoms with Crippen LogP contribution in [-0.2, 0) is 4.79 Å². The zero-order valence-electron chi connectivity index (χ0n) is 17.8. The number of hydrogen-bond donors (Lipinski definition) is 1. The zero-order chi connectivity index (χ0) is 23.4. The number of halogens is 2. The molecule has 0 saturated heterocycles. The molecule has 1 heterocycles. The lowest BCUT2D eigenvalue weighted by molar-refractivity contribution is -0.116. The van der Waals surface area contributed by atoms with E-state index in [1.807, 2.05) is 6.92 Å². The van der Waals surface area contributed by atoms with Crippen LogP contribution < -0.4 is 5.32 Å². The van der Waals surface area contributed by atoms with Gasteiger partial charge in [0.2, 0.25) is 5.91 Å². The molecule has 2 aromatic rings. The van der Waals surface area contributed by atoms with Gasteiger partial charge in [0, 0.05) is 18.7 Å². The molecule has 0 saturated carbocycles. The fourth-order valence-electron chi connectivity index (χ4n) is 3.42. The molecule has 4 amide bonds. The number of benzene rings is 2. The Labute approximate surface area is 196 Å². The molecule has 32 heavy (non-hydrogen) atoms. The highest BCUT2D eigenvalue weighted by Gasteiger charge is 2.35. The number of nitrogens with one attached hydrogen (secondary N) is 1. The number of para-hydroxylation sites is 1. The van der Waals surface area contributed by atoms with Crippen molar-refractivity contribution in [2.75, 3.05) is 25.0 Å². The van der Waals surface area contributed by atoms with Gasteiger partial charge in [-0.3, -0.25) is 24.1 Å². The van der Waals surface area contributed by atoms with Crippen LogP contribution in [0.2, 0.25) is 10.0 Å². The van der Waals surface area contributed by atoms with Gasteiger partial charge in [-0.25, -0.2) is 0 Å². The van der Waals surface area contributed by atoms with E-state index in [9.17, 15) is 19.2 Å². The van der Waals surface area contributed by atoms with Gasteiger partial charge in [0.05, 0.1) is 26.9 Å². The van der Waals surface area contributed by atoms with Crippen LogP contribution in [-0.4, -0.2) is 53.1 Å². The van der Waals surface area contributed by atoms with Crippen LogP contribution in [0.1, 0.15) is 57.8 Å². The van der Waals surface area contributed by atoms with Crippen molar-refractivity contribution in [2.24, 2.45) is 0 Å². The number of fused-ring (bicyclic) bond motifs is 1. The van der Waals surface area contributed by atoms with Crippen molar-refractivity contribution in [3.05, 3.63) is 63.1 Å². The third-order valence-electron chi connectivity index (χ3n) is 5.18. The van der Waals surface area contributed by atoms with Crippen LogP contribution in [0.5, 0.6) is 0 Å². The summed E-state index contributed by atoms with van der Waals surface area (Å²) in [4.78, 5) is 53.2. The van der Waals surface area contributed by atoms with Crippen LogP contribution in [0.3, 0.4) is 0 Å². The second-order valence-corrected chi connectivity index (χ2v) is 8.15. The number of carbonyl (C=O) groups excluding carboxylic acids is 4. The minimum absolute atomic E-state index is 0.209. The van der Waals surface area contributed by atoms with E-state index in [-0.39, 0.29) is 51.4 Å². The van der Waals surface area contributed by atoms with Crippen molar-refractivity contribution in [3.8, 4) is 0 Å². The highest BCUT2D eigenvalue weighted by molar-refractivity contribution is 6.39. The summed E-state index contributed by atoms with van der Waals surface area (Å²) in [5.41, 5.74) is 1.00. The number of hydrogen-bond acceptors (Lipinski definition) is 4. The standard InChI is InChI=1S/C23H23Cl2N3O4/c1-3-5-11-28-22(31)15-10-9-14(12-16(15)23(28)32)21(30)27(4-2)13-19(29)26-20-17(24)7-6-8-18(20)25/h6-10,12H,3-5,11,13H2,1-2H3,(H,26,29). The predicted octanol–water partition coefficient (Wildman–Crippen LogP) is 4.49. The highest BCUT2D eigenvalue weighted by atomic mass is 35.5.